The van der Waals surface area contributed by atoms with Crippen LogP contribution in [0.3, 0.4) is 0 Å². The van der Waals surface area contributed by atoms with Crippen LogP contribution in [0.1, 0.15) is 6.92 Å². The van der Waals surface area contributed by atoms with Crippen LogP contribution in [0.25, 0.3) is 22.2 Å². The Bertz CT molecular complexity index is 704. The van der Waals surface area contributed by atoms with Crippen LogP contribution in [0.5, 0.6) is 0 Å². The number of fused-ring (bicyclic) bond motifs is 1. The fourth-order valence-corrected chi connectivity index (χ4v) is 2.03. The molecule has 0 aliphatic rings. The maximum absolute atomic E-state index is 5.74. The van der Waals surface area contributed by atoms with Crippen LogP contribution in [-0.2, 0) is 0 Å². The van der Waals surface area contributed by atoms with Gasteiger partial charge in [-0.25, -0.2) is 4.98 Å². The molecule has 0 bridgehead atoms. The van der Waals surface area contributed by atoms with Crippen molar-refractivity contribution in [3.8, 4) is 11.3 Å². The van der Waals surface area contributed by atoms with Crippen LogP contribution in [0.15, 0.2) is 30.5 Å². The lowest BCUT2D eigenvalue weighted by atomic mass is 10.1. The third kappa shape index (κ3) is 2.08. The Balaban J connectivity index is 2.18. The summed E-state index contributed by atoms with van der Waals surface area (Å²) in [7, 11) is 0. The highest BCUT2D eigenvalue weighted by Gasteiger charge is 2.07. The quantitative estimate of drug-likeness (QED) is 0.665. The molecule has 0 unspecified atom stereocenters. The minimum atomic E-state index is 0.269. The van der Waals surface area contributed by atoms with Gasteiger partial charge in [-0.15, -0.1) is 0 Å². The molecule has 1 aromatic carbocycles. The van der Waals surface area contributed by atoms with Crippen LogP contribution in [0.2, 0.25) is 0 Å². The van der Waals surface area contributed by atoms with Crippen molar-refractivity contribution in [2.24, 2.45) is 0 Å². The van der Waals surface area contributed by atoms with E-state index in [1.54, 1.807) is 6.20 Å². The third-order valence-corrected chi connectivity index (χ3v) is 2.87. The van der Waals surface area contributed by atoms with Gasteiger partial charge in [-0.3, -0.25) is 5.10 Å². The number of aromatic amines is 1. The molecule has 0 fully saturated rings. The fraction of sp³-hybridized carbons (Fsp3) is 0.154. The highest BCUT2D eigenvalue weighted by Crippen LogP contribution is 2.26. The molecule has 0 amide bonds. The van der Waals surface area contributed by atoms with E-state index in [-0.39, 0.29) is 5.95 Å². The molecular weight excluding hydrogens is 240 g/mol. The summed E-state index contributed by atoms with van der Waals surface area (Å²) >= 11 is 0. The van der Waals surface area contributed by atoms with E-state index in [2.05, 4.69) is 25.5 Å². The number of aromatic nitrogens is 4. The zero-order chi connectivity index (χ0) is 13.2. The first-order chi connectivity index (χ1) is 9.28. The average molecular weight is 254 g/mol. The number of H-pyrrole nitrogens is 1. The molecule has 3 aromatic rings. The first-order valence-corrected chi connectivity index (χ1v) is 6.09. The lowest BCUT2D eigenvalue weighted by Gasteiger charge is -2.08. The van der Waals surface area contributed by atoms with Crippen LogP contribution in [0, 0.1) is 0 Å². The molecule has 0 spiro atoms. The van der Waals surface area contributed by atoms with Gasteiger partial charge in [0.15, 0.2) is 0 Å². The van der Waals surface area contributed by atoms with Gasteiger partial charge in [0.1, 0.15) is 5.82 Å². The van der Waals surface area contributed by atoms with Crippen molar-refractivity contribution in [3.05, 3.63) is 30.5 Å². The van der Waals surface area contributed by atoms with E-state index in [1.165, 1.54) is 0 Å². The Morgan fingerprint density at radius 2 is 2.16 bits per heavy atom. The molecule has 19 heavy (non-hydrogen) atoms. The topological polar surface area (TPSA) is 92.5 Å². The van der Waals surface area contributed by atoms with Crippen molar-refractivity contribution >= 4 is 22.7 Å². The molecule has 3 rings (SSSR count). The molecule has 2 aromatic heterocycles. The predicted octanol–water partition coefficient (Wildman–Crippen LogP) is 2.03. The Hall–Kier alpha value is -2.63. The van der Waals surface area contributed by atoms with Gasteiger partial charge < -0.3 is 11.1 Å². The minimum absolute atomic E-state index is 0.269. The van der Waals surface area contributed by atoms with Gasteiger partial charge >= 0.3 is 0 Å². The number of anilines is 2. The highest BCUT2D eigenvalue weighted by atomic mass is 15.1. The minimum Gasteiger partial charge on any atom is -0.370 e. The maximum atomic E-state index is 5.74. The van der Waals surface area contributed by atoms with Crippen molar-refractivity contribution in [2.75, 3.05) is 17.6 Å². The van der Waals surface area contributed by atoms with E-state index in [1.807, 2.05) is 31.2 Å². The maximum Gasteiger partial charge on any atom is 0.222 e. The first-order valence-electron chi connectivity index (χ1n) is 6.09. The normalized spacial score (nSPS) is 10.8. The Labute approximate surface area is 110 Å². The largest absolute Gasteiger partial charge is 0.370 e. The predicted molar refractivity (Wildman–Crippen MR) is 75.7 cm³/mol. The first kappa shape index (κ1) is 11.5. The second kappa shape index (κ2) is 4.56. The number of nitrogens with zero attached hydrogens (tertiary/aromatic N) is 3. The van der Waals surface area contributed by atoms with Crippen molar-refractivity contribution in [1.82, 2.24) is 20.2 Å². The summed E-state index contributed by atoms with van der Waals surface area (Å²) in [6, 6.07) is 7.89. The molecule has 6 heteroatoms. The summed E-state index contributed by atoms with van der Waals surface area (Å²) in [4.78, 5) is 8.50. The monoisotopic (exact) mass is 254 g/mol. The summed E-state index contributed by atoms with van der Waals surface area (Å²) in [6.45, 7) is 2.80. The van der Waals surface area contributed by atoms with E-state index in [9.17, 15) is 0 Å². The lowest BCUT2D eigenvalue weighted by Crippen LogP contribution is -2.04. The van der Waals surface area contributed by atoms with Crippen molar-refractivity contribution in [3.63, 3.8) is 0 Å². The second-order valence-corrected chi connectivity index (χ2v) is 4.16. The molecule has 0 aliphatic heterocycles. The van der Waals surface area contributed by atoms with Gasteiger partial charge in [0, 0.05) is 23.7 Å². The summed E-state index contributed by atoms with van der Waals surface area (Å²) in [5.74, 6) is 1.03. The molecule has 0 aliphatic carbocycles. The van der Waals surface area contributed by atoms with Crippen LogP contribution < -0.4 is 11.1 Å². The Morgan fingerprint density at radius 3 is 2.89 bits per heavy atom. The van der Waals surface area contributed by atoms with Gasteiger partial charge in [0.05, 0.1) is 11.2 Å². The van der Waals surface area contributed by atoms with E-state index in [0.717, 1.165) is 34.5 Å². The summed E-state index contributed by atoms with van der Waals surface area (Å²) in [5.41, 5.74) is 8.52. The van der Waals surface area contributed by atoms with E-state index in [0.29, 0.717) is 0 Å². The molecule has 0 saturated carbocycles. The molecule has 6 nitrogen and oxygen atoms in total. The van der Waals surface area contributed by atoms with Crippen LogP contribution in [-0.4, -0.2) is 26.7 Å². The number of benzene rings is 1. The summed E-state index contributed by atoms with van der Waals surface area (Å²) in [6.07, 6.45) is 1.72. The average Bonchev–Trinajstić information content (AvgIpc) is 2.92. The van der Waals surface area contributed by atoms with Crippen molar-refractivity contribution in [2.45, 2.75) is 6.92 Å². The smallest absolute Gasteiger partial charge is 0.222 e. The molecule has 96 valence electrons. The zero-order valence-electron chi connectivity index (χ0n) is 10.5. The molecule has 0 atom stereocenters. The van der Waals surface area contributed by atoms with Gasteiger partial charge in [0.25, 0.3) is 0 Å². The second-order valence-electron chi connectivity index (χ2n) is 4.16. The number of nitrogens with two attached hydrogens (primary N) is 1. The number of nitrogen functional groups attached to an aromatic ring is 1. The molecule has 2 heterocycles. The molecule has 0 saturated heterocycles. The molecular formula is C13H14N6. The molecule has 0 radical (unpaired) electrons. The van der Waals surface area contributed by atoms with Crippen molar-refractivity contribution < 1.29 is 0 Å². The summed E-state index contributed by atoms with van der Waals surface area (Å²) < 4.78 is 0. The third-order valence-electron chi connectivity index (χ3n) is 2.87. The lowest BCUT2D eigenvalue weighted by molar-refractivity contribution is 1.10. The van der Waals surface area contributed by atoms with Gasteiger partial charge in [-0.2, -0.15) is 10.1 Å². The van der Waals surface area contributed by atoms with E-state index < -0.39 is 0 Å². The van der Waals surface area contributed by atoms with Crippen LogP contribution in [0.4, 0.5) is 11.8 Å². The van der Waals surface area contributed by atoms with Gasteiger partial charge in [-0.05, 0) is 25.1 Å². The number of rotatable bonds is 3. The number of nitrogens with one attached hydrogen (secondary N) is 2. The standard InChI is InChI=1S/C13H14N6/c1-2-15-12-9-4-3-8(10-5-6-16-19-10)7-11(9)17-13(14)18-12/h3-7H,2H2,1H3,(H,16,19)(H3,14,15,17,18). The summed E-state index contributed by atoms with van der Waals surface area (Å²) in [5, 5.41) is 11.0. The fourth-order valence-electron chi connectivity index (χ4n) is 2.03. The van der Waals surface area contributed by atoms with Crippen molar-refractivity contribution in [1.29, 1.82) is 0 Å². The van der Waals surface area contributed by atoms with E-state index in [4.69, 9.17) is 5.73 Å². The SMILES string of the molecule is CCNc1nc(N)nc2cc(-c3ccn[nH]3)ccc12. The zero-order valence-corrected chi connectivity index (χ0v) is 10.5. The number of hydrogen-bond donors (Lipinski definition) is 3. The Kier molecular flexibility index (Phi) is 2.75. The highest BCUT2D eigenvalue weighted by molar-refractivity contribution is 5.92. The van der Waals surface area contributed by atoms with Gasteiger partial charge in [-0.1, -0.05) is 6.07 Å². The van der Waals surface area contributed by atoms with Gasteiger partial charge in [0.2, 0.25) is 5.95 Å². The molecule has 4 N–H and O–H groups in total. The van der Waals surface area contributed by atoms with E-state index >= 15 is 0 Å². The van der Waals surface area contributed by atoms with Crippen LogP contribution >= 0.6 is 0 Å². The number of hydrogen-bond acceptors (Lipinski definition) is 5. The Morgan fingerprint density at radius 1 is 1.26 bits per heavy atom.